The van der Waals surface area contributed by atoms with Gasteiger partial charge in [-0.05, 0) is 33.5 Å². The molecule has 16 heavy (non-hydrogen) atoms. The minimum absolute atomic E-state index is 0.317. The van der Waals surface area contributed by atoms with E-state index >= 15 is 0 Å². The maximum Gasteiger partial charge on any atom is 0.222 e. The van der Waals surface area contributed by atoms with Crippen LogP contribution >= 0.6 is 0 Å². The molecular weight excluding hydrogens is 202 g/mol. The summed E-state index contributed by atoms with van der Waals surface area (Å²) in [6.45, 7) is 9.22. The second-order valence-corrected chi connectivity index (χ2v) is 4.52. The highest BCUT2D eigenvalue weighted by Gasteiger charge is 2.24. The van der Waals surface area contributed by atoms with E-state index in [4.69, 9.17) is 0 Å². The van der Waals surface area contributed by atoms with E-state index in [2.05, 4.69) is 24.1 Å². The predicted molar refractivity (Wildman–Crippen MR) is 66.4 cm³/mol. The number of amides is 1. The summed E-state index contributed by atoms with van der Waals surface area (Å²) < 4.78 is 0. The molecule has 94 valence electrons. The van der Waals surface area contributed by atoms with Crippen molar-refractivity contribution >= 4 is 5.91 Å². The van der Waals surface area contributed by atoms with Crippen molar-refractivity contribution in [3.63, 3.8) is 0 Å². The Morgan fingerprint density at radius 3 is 2.75 bits per heavy atom. The predicted octanol–water partition coefficient (Wildman–Crippen LogP) is 0.539. The number of rotatable bonds is 5. The van der Waals surface area contributed by atoms with E-state index in [1.54, 1.807) is 0 Å². The first-order valence-electron chi connectivity index (χ1n) is 6.35. The molecule has 0 aromatic heterocycles. The molecule has 1 aliphatic rings. The van der Waals surface area contributed by atoms with Gasteiger partial charge in [-0.3, -0.25) is 9.69 Å². The first-order chi connectivity index (χ1) is 7.69. The van der Waals surface area contributed by atoms with Crippen molar-refractivity contribution in [2.45, 2.75) is 32.7 Å². The van der Waals surface area contributed by atoms with Crippen LogP contribution in [0.2, 0.25) is 0 Å². The summed E-state index contributed by atoms with van der Waals surface area (Å²) >= 11 is 0. The molecule has 1 heterocycles. The van der Waals surface area contributed by atoms with Crippen LogP contribution in [0.5, 0.6) is 0 Å². The Kier molecular flexibility index (Phi) is 5.77. The van der Waals surface area contributed by atoms with Crippen molar-refractivity contribution in [3.05, 3.63) is 0 Å². The van der Waals surface area contributed by atoms with Crippen LogP contribution in [0.3, 0.4) is 0 Å². The molecule has 1 unspecified atom stereocenters. The Morgan fingerprint density at radius 1 is 1.44 bits per heavy atom. The summed E-state index contributed by atoms with van der Waals surface area (Å²) in [5, 5.41) is 3.07. The number of hydrogen-bond donors (Lipinski definition) is 1. The molecule has 1 amide bonds. The largest absolute Gasteiger partial charge is 0.340 e. The molecular formula is C12H25N3O. The molecule has 0 spiro atoms. The maximum atomic E-state index is 11.9. The molecule has 1 aliphatic heterocycles. The smallest absolute Gasteiger partial charge is 0.222 e. The highest BCUT2D eigenvalue weighted by atomic mass is 16.2. The van der Waals surface area contributed by atoms with Gasteiger partial charge in [0.15, 0.2) is 0 Å². The summed E-state index contributed by atoms with van der Waals surface area (Å²) in [7, 11) is 1.92. The minimum Gasteiger partial charge on any atom is -0.340 e. The van der Waals surface area contributed by atoms with Crippen LogP contribution in [-0.4, -0.2) is 61.5 Å². The number of carbonyl (C=O) groups excluding carboxylic acids is 1. The molecule has 0 aromatic rings. The summed E-state index contributed by atoms with van der Waals surface area (Å²) in [5.41, 5.74) is 0. The van der Waals surface area contributed by atoms with Gasteiger partial charge in [0, 0.05) is 32.1 Å². The van der Waals surface area contributed by atoms with Gasteiger partial charge in [0.05, 0.1) is 0 Å². The highest BCUT2D eigenvalue weighted by Crippen LogP contribution is 2.10. The SMILES string of the molecule is CCN1CCN(C(=O)CCCNC)CC1C. The van der Waals surface area contributed by atoms with Crippen molar-refractivity contribution in [2.24, 2.45) is 0 Å². The summed E-state index contributed by atoms with van der Waals surface area (Å²) in [6.07, 6.45) is 1.62. The van der Waals surface area contributed by atoms with E-state index in [-0.39, 0.29) is 0 Å². The van der Waals surface area contributed by atoms with Crippen LogP contribution in [0.1, 0.15) is 26.7 Å². The van der Waals surface area contributed by atoms with Gasteiger partial charge in [-0.15, -0.1) is 0 Å². The molecule has 0 radical (unpaired) electrons. The molecule has 1 saturated heterocycles. The summed E-state index contributed by atoms with van der Waals surface area (Å²) in [5.74, 6) is 0.317. The topological polar surface area (TPSA) is 35.6 Å². The average Bonchev–Trinajstić information content (AvgIpc) is 2.29. The maximum absolute atomic E-state index is 11.9. The molecule has 0 bridgehead atoms. The second-order valence-electron chi connectivity index (χ2n) is 4.52. The number of nitrogens with one attached hydrogen (secondary N) is 1. The Balaban J connectivity index is 2.30. The number of nitrogens with zero attached hydrogens (tertiary/aromatic N) is 2. The third-order valence-corrected chi connectivity index (χ3v) is 3.34. The van der Waals surface area contributed by atoms with Gasteiger partial charge in [-0.2, -0.15) is 0 Å². The van der Waals surface area contributed by atoms with Gasteiger partial charge in [0.2, 0.25) is 5.91 Å². The molecule has 1 N–H and O–H groups in total. The van der Waals surface area contributed by atoms with Crippen LogP contribution in [0.25, 0.3) is 0 Å². The monoisotopic (exact) mass is 227 g/mol. The molecule has 1 atom stereocenters. The van der Waals surface area contributed by atoms with Crippen LogP contribution in [0, 0.1) is 0 Å². The molecule has 4 heteroatoms. The minimum atomic E-state index is 0.317. The lowest BCUT2D eigenvalue weighted by atomic mass is 10.1. The molecule has 4 nitrogen and oxygen atoms in total. The molecule has 0 aliphatic carbocycles. The Hall–Kier alpha value is -0.610. The highest BCUT2D eigenvalue weighted by molar-refractivity contribution is 5.76. The molecule has 0 saturated carbocycles. The lowest BCUT2D eigenvalue weighted by molar-refractivity contribution is -0.134. The van der Waals surface area contributed by atoms with Crippen LogP contribution in [0.15, 0.2) is 0 Å². The van der Waals surface area contributed by atoms with Crippen molar-refractivity contribution in [3.8, 4) is 0 Å². The fourth-order valence-corrected chi connectivity index (χ4v) is 2.27. The zero-order valence-electron chi connectivity index (χ0n) is 10.8. The Bertz CT molecular complexity index is 220. The third kappa shape index (κ3) is 3.76. The van der Waals surface area contributed by atoms with Crippen molar-refractivity contribution in [1.82, 2.24) is 15.1 Å². The summed E-state index contributed by atoms with van der Waals surface area (Å²) in [6, 6.07) is 0.506. The van der Waals surface area contributed by atoms with Crippen LogP contribution < -0.4 is 5.32 Å². The van der Waals surface area contributed by atoms with E-state index in [1.807, 2.05) is 11.9 Å². The van der Waals surface area contributed by atoms with Gasteiger partial charge >= 0.3 is 0 Å². The number of carbonyl (C=O) groups is 1. The number of piperazine rings is 1. The standard InChI is InChI=1S/C12H25N3O/c1-4-14-8-9-15(10-11(14)2)12(16)6-5-7-13-3/h11,13H,4-10H2,1-3H3. The molecule has 1 rings (SSSR count). The lowest BCUT2D eigenvalue weighted by Crippen LogP contribution is -2.53. The number of likely N-dealkylation sites (N-methyl/N-ethyl adjacent to an activating group) is 1. The number of hydrogen-bond acceptors (Lipinski definition) is 3. The first-order valence-corrected chi connectivity index (χ1v) is 6.35. The van der Waals surface area contributed by atoms with E-state index in [0.717, 1.165) is 39.1 Å². The Morgan fingerprint density at radius 2 is 2.19 bits per heavy atom. The second kappa shape index (κ2) is 6.86. The van der Waals surface area contributed by atoms with E-state index < -0.39 is 0 Å². The van der Waals surface area contributed by atoms with Gasteiger partial charge in [-0.25, -0.2) is 0 Å². The first kappa shape index (κ1) is 13.5. The quantitative estimate of drug-likeness (QED) is 0.696. The van der Waals surface area contributed by atoms with Gasteiger partial charge in [-0.1, -0.05) is 6.92 Å². The van der Waals surface area contributed by atoms with E-state index in [1.165, 1.54) is 0 Å². The van der Waals surface area contributed by atoms with E-state index in [0.29, 0.717) is 18.4 Å². The van der Waals surface area contributed by atoms with Crippen molar-refractivity contribution < 1.29 is 4.79 Å². The van der Waals surface area contributed by atoms with Gasteiger partial charge < -0.3 is 10.2 Å². The van der Waals surface area contributed by atoms with Gasteiger partial charge in [0.1, 0.15) is 0 Å². The third-order valence-electron chi connectivity index (χ3n) is 3.34. The van der Waals surface area contributed by atoms with Crippen LogP contribution in [-0.2, 0) is 4.79 Å². The van der Waals surface area contributed by atoms with Crippen molar-refractivity contribution in [1.29, 1.82) is 0 Å². The molecule has 1 fully saturated rings. The fraction of sp³-hybridized carbons (Fsp3) is 0.917. The fourth-order valence-electron chi connectivity index (χ4n) is 2.27. The Labute approximate surface area is 99.0 Å². The van der Waals surface area contributed by atoms with Crippen molar-refractivity contribution in [2.75, 3.05) is 39.8 Å². The van der Waals surface area contributed by atoms with Gasteiger partial charge in [0.25, 0.3) is 0 Å². The lowest BCUT2D eigenvalue weighted by Gasteiger charge is -2.39. The zero-order chi connectivity index (χ0) is 12.0. The zero-order valence-corrected chi connectivity index (χ0v) is 10.8. The average molecular weight is 227 g/mol. The molecule has 0 aromatic carbocycles. The summed E-state index contributed by atoms with van der Waals surface area (Å²) in [4.78, 5) is 16.3. The van der Waals surface area contributed by atoms with E-state index in [9.17, 15) is 4.79 Å². The van der Waals surface area contributed by atoms with Crippen LogP contribution in [0.4, 0.5) is 0 Å². The normalized spacial score (nSPS) is 22.4.